The van der Waals surface area contributed by atoms with E-state index in [9.17, 15) is 9.00 Å². The molecule has 3 N–H and O–H groups in total. The van der Waals surface area contributed by atoms with Crippen molar-refractivity contribution in [3.05, 3.63) is 29.8 Å². The van der Waals surface area contributed by atoms with Crippen molar-refractivity contribution in [3.8, 4) is 0 Å². The Balaban J connectivity index is 2.57. The van der Waals surface area contributed by atoms with Gasteiger partial charge in [0.15, 0.2) is 0 Å². The second kappa shape index (κ2) is 7.40. The van der Waals surface area contributed by atoms with Crippen molar-refractivity contribution >= 4 is 22.4 Å². The van der Waals surface area contributed by atoms with Crippen molar-refractivity contribution in [1.29, 1.82) is 0 Å². The Morgan fingerprint density at radius 1 is 1.37 bits per heavy atom. The Morgan fingerprint density at radius 3 is 2.63 bits per heavy atom. The van der Waals surface area contributed by atoms with Gasteiger partial charge in [-0.05, 0) is 23.6 Å². The minimum absolute atomic E-state index is 0.0149. The molecule has 0 radical (unpaired) electrons. The SMILES string of the molecule is CC(C)C(C)S(=O)CC(=O)Nc1cccc(CN)c1. The van der Waals surface area contributed by atoms with E-state index in [0.717, 1.165) is 5.56 Å². The van der Waals surface area contributed by atoms with Crippen molar-refractivity contribution in [2.45, 2.75) is 32.6 Å². The number of carbonyl (C=O) groups excluding carboxylic acids is 1. The largest absolute Gasteiger partial charge is 0.326 e. The Kier molecular flexibility index (Phi) is 6.18. The highest BCUT2D eigenvalue weighted by Gasteiger charge is 2.18. The smallest absolute Gasteiger partial charge is 0.237 e. The van der Waals surface area contributed by atoms with Gasteiger partial charge in [-0.1, -0.05) is 32.9 Å². The highest BCUT2D eigenvalue weighted by molar-refractivity contribution is 7.86. The number of benzene rings is 1. The average molecular weight is 282 g/mol. The lowest BCUT2D eigenvalue weighted by molar-refractivity contribution is -0.113. The third kappa shape index (κ3) is 5.12. The summed E-state index contributed by atoms with van der Waals surface area (Å²) in [5.41, 5.74) is 7.19. The van der Waals surface area contributed by atoms with Crippen LogP contribution in [0.2, 0.25) is 0 Å². The zero-order chi connectivity index (χ0) is 14.4. The minimum Gasteiger partial charge on any atom is -0.326 e. The van der Waals surface area contributed by atoms with Gasteiger partial charge in [0, 0.05) is 28.3 Å². The van der Waals surface area contributed by atoms with Crippen LogP contribution in [0.5, 0.6) is 0 Å². The fourth-order valence-corrected chi connectivity index (χ4v) is 2.74. The molecule has 19 heavy (non-hydrogen) atoms. The summed E-state index contributed by atoms with van der Waals surface area (Å²) in [6.07, 6.45) is 0. The van der Waals surface area contributed by atoms with Crippen LogP contribution >= 0.6 is 0 Å². The molecular weight excluding hydrogens is 260 g/mol. The lowest BCUT2D eigenvalue weighted by atomic mass is 10.2. The standard InChI is InChI=1S/C14H22N2O2S/c1-10(2)11(3)19(18)9-14(17)16-13-6-4-5-12(7-13)8-15/h4-7,10-11H,8-9,15H2,1-3H3,(H,16,17). The molecule has 4 nitrogen and oxygen atoms in total. The first-order valence-corrected chi connectivity index (χ1v) is 7.78. The predicted octanol–water partition coefficient (Wildman–Crippen LogP) is 1.88. The molecule has 2 unspecified atom stereocenters. The Morgan fingerprint density at radius 2 is 2.05 bits per heavy atom. The summed E-state index contributed by atoms with van der Waals surface area (Å²) in [6, 6.07) is 7.36. The Hall–Kier alpha value is -1.20. The van der Waals surface area contributed by atoms with Crippen LogP contribution in [0.25, 0.3) is 0 Å². The predicted molar refractivity (Wildman–Crippen MR) is 80.3 cm³/mol. The summed E-state index contributed by atoms with van der Waals surface area (Å²) < 4.78 is 11.9. The van der Waals surface area contributed by atoms with Crippen LogP contribution in [-0.4, -0.2) is 21.1 Å². The maximum atomic E-state index is 11.9. The van der Waals surface area contributed by atoms with Crippen LogP contribution in [0.1, 0.15) is 26.3 Å². The topological polar surface area (TPSA) is 72.2 Å². The second-order valence-electron chi connectivity index (χ2n) is 4.93. The molecule has 0 saturated heterocycles. The molecule has 1 rings (SSSR count). The molecule has 2 atom stereocenters. The summed E-state index contributed by atoms with van der Waals surface area (Å²) in [7, 11) is -1.14. The van der Waals surface area contributed by atoms with Gasteiger partial charge in [-0.2, -0.15) is 0 Å². The lowest BCUT2D eigenvalue weighted by Crippen LogP contribution is -2.27. The number of rotatable bonds is 6. The van der Waals surface area contributed by atoms with E-state index < -0.39 is 10.8 Å². The van der Waals surface area contributed by atoms with Crippen molar-refractivity contribution in [2.75, 3.05) is 11.1 Å². The molecular formula is C14H22N2O2S. The number of amides is 1. The molecule has 0 fully saturated rings. The van der Waals surface area contributed by atoms with E-state index in [-0.39, 0.29) is 16.9 Å². The van der Waals surface area contributed by atoms with Crippen LogP contribution in [0.15, 0.2) is 24.3 Å². The molecule has 0 spiro atoms. The molecule has 0 bridgehead atoms. The summed E-state index contributed by atoms with van der Waals surface area (Å²) in [5, 5.41) is 2.77. The van der Waals surface area contributed by atoms with Gasteiger partial charge in [-0.3, -0.25) is 9.00 Å². The van der Waals surface area contributed by atoms with E-state index in [1.54, 1.807) is 6.07 Å². The fourth-order valence-electron chi connectivity index (χ4n) is 1.54. The first-order chi connectivity index (χ1) is 8.93. The van der Waals surface area contributed by atoms with E-state index in [1.165, 1.54) is 0 Å². The number of hydrogen-bond donors (Lipinski definition) is 2. The van der Waals surface area contributed by atoms with Crippen molar-refractivity contribution in [3.63, 3.8) is 0 Å². The molecule has 1 amide bonds. The second-order valence-corrected chi connectivity index (χ2v) is 6.72. The summed E-state index contributed by atoms with van der Waals surface area (Å²) in [5.74, 6) is 0.112. The van der Waals surface area contributed by atoms with Gasteiger partial charge >= 0.3 is 0 Å². The van der Waals surface area contributed by atoms with E-state index >= 15 is 0 Å². The van der Waals surface area contributed by atoms with E-state index in [0.29, 0.717) is 18.2 Å². The Labute approximate surface area is 117 Å². The molecule has 0 aliphatic rings. The third-order valence-corrected chi connectivity index (χ3v) is 4.99. The van der Waals surface area contributed by atoms with Gasteiger partial charge in [0.25, 0.3) is 0 Å². The van der Waals surface area contributed by atoms with Crippen LogP contribution in [-0.2, 0) is 22.1 Å². The molecule has 5 heteroatoms. The average Bonchev–Trinajstić information content (AvgIpc) is 2.37. The number of carbonyl (C=O) groups is 1. The van der Waals surface area contributed by atoms with E-state index in [1.807, 2.05) is 39.0 Å². The quantitative estimate of drug-likeness (QED) is 0.836. The highest BCUT2D eigenvalue weighted by atomic mass is 32.2. The summed E-state index contributed by atoms with van der Waals surface area (Å²) in [4.78, 5) is 11.8. The lowest BCUT2D eigenvalue weighted by Gasteiger charge is -2.14. The van der Waals surface area contributed by atoms with Gasteiger partial charge in [-0.15, -0.1) is 0 Å². The minimum atomic E-state index is -1.14. The highest BCUT2D eigenvalue weighted by Crippen LogP contribution is 2.12. The van der Waals surface area contributed by atoms with Gasteiger partial charge < -0.3 is 11.1 Å². The first kappa shape index (κ1) is 15.9. The fraction of sp³-hybridized carbons (Fsp3) is 0.500. The summed E-state index contributed by atoms with van der Waals surface area (Å²) in [6.45, 7) is 6.35. The molecule has 106 valence electrons. The van der Waals surface area contributed by atoms with Gasteiger partial charge in [-0.25, -0.2) is 0 Å². The number of nitrogens with two attached hydrogens (primary N) is 1. The van der Waals surface area contributed by atoms with Gasteiger partial charge in [0.2, 0.25) is 5.91 Å². The monoisotopic (exact) mass is 282 g/mol. The summed E-state index contributed by atoms with van der Waals surface area (Å²) >= 11 is 0. The van der Waals surface area contributed by atoms with Crippen molar-refractivity contribution < 1.29 is 9.00 Å². The number of anilines is 1. The van der Waals surface area contributed by atoms with Crippen LogP contribution in [0.3, 0.4) is 0 Å². The molecule has 0 saturated carbocycles. The third-order valence-electron chi connectivity index (χ3n) is 3.07. The van der Waals surface area contributed by atoms with E-state index in [2.05, 4.69) is 5.32 Å². The van der Waals surface area contributed by atoms with Crippen molar-refractivity contribution in [2.24, 2.45) is 11.7 Å². The van der Waals surface area contributed by atoms with E-state index in [4.69, 9.17) is 5.73 Å². The van der Waals surface area contributed by atoms with Crippen LogP contribution in [0.4, 0.5) is 5.69 Å². The Bertz CT molecular complexity index is 461. The normalized spacial score (nSPS) is 14.2. The van der Waals surface area contributed by atoms with Gasteiger partial charge in [0.1, 0.15) is 5.75 Å². The van der Waals surface area contributed by atoms with Crippen LogP contribution < -0.4 is 11.1 Å². The molecule has 0 aromatic heterocycles. The number of nitrogens with one attached hydrogen (secondary N) is 1. The van der Waals surface area contributed by atoms with Crippen LogP contribution in [0, 0.1) is 5.92 Å². The molecule has 0 aliphatic heterocycles. The maximum Gasteiger partial charge on any atom is 0.237 e. The molecule has 1 aromatic rings. The number of hydrogen-bond acceptors (Lipinski definition) is 3. The first-order valence-electron chi connectivity index (χ1n) is 6.40. The van der Waals surface area contributed by atoms with Gasteiger partial charge in [0.05, 0.1) is 0 Å². The van der Waals surface area contributed by atoms with Crippen molar-refractivity contribution in [1.82, 2.24) is 0 Å². The zero-order valence-corrected chi connectivity index (χ0v) is 12.5. The zero-order valence-electron chi connectivity index (χ0n) is 11.7. The molecule has 1 aromatic carbocycles. The molecule has 0 aliphatic carbocycles. The molecule has 0 heterocycles. The maximum absolute atomic E-state index is 11.9.